The second-order valence-electron chi connectivity index (χ2n) is 3.19. The zero-order chi connectivity index (χ0) is 10.7. The Labute approximate surface area is 86.3 Å². The summed E-state index contributed by atoms with van der Waals surface area (Å²) in [6.07, 6.45) is 0.750. The van der Waals surface area contributed by atoms with Crippen molar-refractivity contribution in [3.05, 3.63) is 69.4 Å². The summed E-state index contributed by atoms with van der Waals surface area (Å²) >= 11 is 0. The van der Waals surface area contributed by atoms with E-state index < -0.39 is 0 Å². The monoisotopic (exact) mass is 195 g/mol. The van der Waals surface area contributed by atoms with Gasteiger partial charge in [0, 0.05) is 0 Å². The fourth-order valence-electron chi connectivity index (χ4n) is 1.84. The molecule has 1 aliphatic carbocycles. The number of hydrogen-bond acceptors (Lipinski definition) is 2. The molecule has 0 saturated heterocycles. The molecule has 0 spiro atoms. The van der Waals surface area contributed by atoms with Crippen LogP contribution in [0.4, 0.5) is 0 Å². The maximum absolute atomic E-state index is 8.35. The van der Waals surface area contributed by atoms with E-state index in [4.69, 9.17) is 10.2 Å². The Kier molecular flexibility index (Phi) is 2.44. The van der Waals surface area contributed by atoms with Gasteiger partial charge in [-0.15, -0.1) is 0 Å². The normalized spacial score (nSPS) is 9.60. The third-order valence-electron chi connectivity index (χ3n) is 2.43. The predicted molar refractivity (Wildman–Crippen MR) is 56.6 cm³/mol. The maximum Gasteiger partial charge on any atom is 0.231 e. The van der Waals surface area contributed by atoms with Gasteiger partial charge >= 0.3 is 0 Å². The third kappa shape index (κ3) is 1.47. The van der Waals surface area contributed by atoms with E-state index in [0.717, 1.165) is 6.08 Å². The highest BCUT2D eigenvalue weighted by atomic mass is 16.1. The lowest BCUT2D eigenvalue weighted by molar-refractivity contribution is 0.563. The quantitative estimate of drug-likeness (QED) is 0.434. The first-order valence-electron chi connectivity index (χ1n) is 4.61. The van der Waals surface area contributed by atoms with Crippen LogP contribution in [0.2, 0.25) is 0 Å². The van der Waals surface area contributed by atoms with Gasteiger partial charge in [-0.1, -0.05) is 48.5 Å². The van der Waals surface area contributed by atoms with E-state index in [1.54, 1.807) is 0 Å². The van der Waals surface area contributed by atoms with Gasteiger partial charge in [-0.3, -0.25) is 0 Å². The summed E-state index contributed by atoms with van der Waals surface area (Å²) in [7, 11) is 0. The molecule has 0 aliphatic heterocycles. The fraction of sp³-hybridized carbons (Fsp3) is 0. The highest BCUT2D eigenvalue weighted by molar-refractivity contribution is 5.28. The van der Waals surface area contributed by atoms with Crippen LogP contribution in [0.1, 0.15) is 0 Å². The van der Waals surface area contributed by atoms with Crippen LogP contribution in [-0.4, -0.2) is 6.08 Å². The lowest BCUT2D eigenvalue weighted by Gasteiger charge is -2.02. The van der Waals surface area contributed by atoms with Crippen LogP contribution >= 0.6 is 0 Å². The lowest BCUT2D eigenvalue weighted by Crippen LogP contribution is -1.88. The molecule has 2 aromatic rings. The van der Waals surface area contributed by atoms with Gasteiger partial charge in [-0.2, -0.15) is 0 Å². The number of rotatable bonds is 0. The van der Waals surface area contributed by atoms with Crippen molar-refractivity contribution in [1.29, 1.82) is 5.41 Å². The minimum absolute atomic E-state index is 0.750. The van der Waals surface area contributed by atoms with E-state index in [-0.39, 0.29) is 0 Å². The van der Waals surface area contributed by atoms with Crippen molar-refractivity contribution in [2.24, 2.45) is 0 Å². The molecule has 2 nitrogen and oxygen atoms in total. The van der Waals surface area contributed by atoms with Crippen LogP contribution in [0.15, 0.2) is 48.5 Å². The molecular weight excluding hydrogens is 186 g/mol. The number of fused-ring (bicyclic) bond motifs is 2. The molecule has 1 N–H and O–H groups in total. The van der Waals surface area contributed by atoms with Crippen molar-refractivity contribution < 1.29 is 4.79 Å². The SMILES string of the molecule is N=C=O.c1ccc2c(c1)=c1ccccc1=2. The molecule has 0 unspecified atom stereocenters. The van der Waals surface area contributed by atoms with Crippen molar-refractivity contribution in [2.75, 3.05) is 0 Å². The minimum Gasteiger partial charge on any atom is -0.222 e. The van der Waals surface area contributed by atoms with Crippen LogP contribution in [-0.2, 0) is 4.79 Å². The molecule has 72 valence electrons. The van der Waals surface area contributed by atoms with Crippen molar-refractivity contribution >= 4 is 6.08 Å². The molecule has 2 heteroatoms. The first-order chi connectivity index (χ1) is 7.38. The van der Waals surface area contributed by atoms with Crippen LogP contribution in [0.5, 0.6) is 0 Å². The summed E-state index contributed by atoms with van der Waals surface area (Å²) in [4.78, 5) is 8.35. The number of benzene rings is 2. The topological polar surface area (TPSA) is 40.9 Å². The molecule has 3 rings (SSSR count). The predicted octanol–water partition coefficient (Wildman–Crippen LogP) is 2.47. The molecule has 0 radical (unpaired) electrons. The minimum atomic E-state index is 0.750. The molecule has 0 fully saturated rings. The average Bonchev–Trinajstić information content (AvgIpc) is 2.27. The van der Waals surface area contributed by atoms with Crippen LogP contribution < -0.4 is 0 Å². The maximum atomic E-state index is 8.35. The van der Waals surface area contributed by atoms with Gasteiger partial charge < -0.3 is 0 Å². The van der Waals surface area contributed by atoms with Gasteiger partial charge in [0.05, 0.1) is 0 Å². The molecule has 0 aromatic heterocycles. The molecule has 15 heavy (non-hydrogen) atoms. The number of carbonyl (C=O) groups excluding carboxylic acids is 1. The second-order valence-corrected chi connectivity index (χ2v) is 3.19. The summed E-state index contributed by atoms with van der Waals surface area (Å²) in [5.41, 5.74) is 0. The first kappa shape index (κ1) is 9.38. The standard InChI is InChI=1S/C12H8.CHNO/c1-2-6-10-9(5-1)11-7-3-4-8-12(10)11;2-1-3/h1-8H;2H. The molecule has 0 bridgehead atoms. The van der Waals surface area contributed by atoms with Gasteiger partial charge in [0.1, 0.15) is 0 Å². The summed E-state index contributed by atoms with van der Waals surface area (Å²) in [6, 6.07) is 17.1. The van der Waals surface area contributed by atoms with Crippen molar-refractivity contribution in [1.82, 2.24) is 0 Å². The van der Waals surface area contributed by atoms with E-state index in [0.29, 0.717) is 0 Å². The zero-order valence-corrected chi connectivity index (χ0v) is 8.03. The van der Waals surface area contributed by atoms with Crippen molar-refractivity contribution in [3.63, 3.8) is 0 Å². The largest absolute Gasteiger partial charge is 0.231 e. The highest BCUT2D eigenvalue weighted by Crippen LogP contribution is 2.11. The second kappa shape index (κ2) is 3.91. The summed E-state index contributed by atoms with van der Waals surface area (Å²) < 4.78 is 0. The highest BCUT2D eigenvalue weighted by Gasteiger charge is 1.97. The molecule has 2 aromatic carbocycles. The number of hydrogen-bond donors (Lipinski definition) is 1. The van der Waals surface area contributed by atoms with Crippen LogP contribution in [0, 0.1) is 26.3 Å². The molecule has 0 heterocycles. The molecule has 0 atom stereocenters. The number of nitrogens with one attached hydrogen (secondary N) is 1. The van der Waals surface area contributed by atoms with E-state index in [1.807, 2.05) is 0 Å². The Bertz CT molecular complexity index is 563. The van der Waals surface area contributed by atoms with E-state index in [9.17, 15) is 0 Å². The molecule has 0 saturated carbocycles. The van der Waals surface area contributed by atoms with Crippen molar-refractivity contribution in [3.8, 4) is 0 Å². The Morgan fingerprint density at radius 2 is 0.933 bits per heavy atom. The van der Waals surface area contributed by atoms with Gasteiger partial charge in [-0.05, 0) is 20.9 Å². The van der Waals surface area contributed by atoms with Gasteiger partial charge in [0.15, 0.2) is 0 Å². The number of isocyanates is 1. The van der Waals surface area contributed by atoms with E-state index in [1.165, 1.54) is 20.9 Å². The van der Waals surface area contributed by atoms with Crippen LogP contribution in [0.25, 0.3) is 0 Å². The molecule has 1 aliphatic rings. The third-order valence-corrected chi connectivity index (χ3v) is 2.43. The Morgan fingerprint density at radius 1 is 0.733 bits per heavy atom. The Morgan fingerprint density at radius 3 is 1.13 bits per heavy atom. The van der Waals surface area contributed by atoms with Crippen LogP contribution in [0.3, 0.4) is 0 Å². The van der Waals surface area contributed by atoms with Gasteiger partial charge in [-0.25, -0.2) is 10.2 Å². The lowest BCUT2D eigenvalue weighted by atomic mass is 10.0. The van der Waals surface area contributed by atoms with Gasteiger partial charge in [0.25, 0.3) is 0 Å². The van der Waals surface area contributed by atoms with Gasteiger partial charge in [0.2, 0.25) is 6.08 Å². The van der Waals surface area contributed by atoms with E-state index in [2.05, 4.69) is 48.5 Å². The van der Waals surface area contributed by atoms with Crippen molar-refractivity contribution in [2.45, 2.75) is 0 Å². The summed E-state index contributed by atoms with van der Waals surface area (Å²) in [5, 5.41) is 11.0. The smallest absolute Gasteiger partial charge is 0.222 e. The summed E-state index contributed by atoms with van der Waals surface area (Å²) in [6.45, 7) is 0. The molecular formula is C13H9NO. The fourth-order valence-corrected chi connectivity index (χ4v) is 1.84. The Hall–Kier alpha value is -2.18. The van der Waals surface area contributed by atoms with E-state index >= 15 is 0 Å². The Balaban J connectivity index is 0.000000258. The average molecular weight is 195 g/mol. The molecule has 0 amide bonds. The summed E-state index contributed by atoms with van der Waals surface area (Å²) in [5.74, 6) is 0. The zero-order valence-electron chi connectivity index (χ0n) is 8.03. The first-order valence-corrected chi connectivity index (χ1v) is 4.61.